The fourth-order valence-corrected chi connectivity index (χ4v) is 3.48. The van der Waals surface area contributed by atoms with Crippen molar-refractivity contribution in [2.75, 3.05) is 13.1 Å². The summed E-state index contributed by atoms with van der Waals surface area (Å²) >= 11 is 0. The first-order valence-electron chi connectivity index (χ1n) is 9.91. The van der Waals surface area contributed by atoms with Crippen LogP contribution < -0.4 is 10.1 Å². The number of hydrogen-bond acceptors (Lipinski definition) is 3. The van der Waals surface area contributed by atoms with Crippen LogP contribution in [-0.2, 0) is 6.54 Å². The molecule has 0 aromatic heterocycles. The molecule has 0 unspecified atom stereocenters. The van der Waals surface area contributed by atoms with Gasteiger partial charge in [-0.25, -0.2) is 4.79 Å². The predicted octanol–water partition coefficient (Wildman–Crippen LogP) is 4.28. The highest BCUT2D eigenvalue weighted by molar-refractivity contribution is 5.97. The lowest BCUT2D eigenvalue weighted by molar-refractivity contribution is 0.0854. The molecule has 2 amide bonds. The molecule has 0 radical (unpaired) electrons. The van der Waals surface area contributed by atoms with Crippen molar-refractivity contribution >= 4 is 11.8 Å². The Morgan fingerprint density at radius 2 is 1.68 bits per heavy atom. The van der Waals surface area contributed by atoms with E-state index in [0.717, 1.165) is 16.9 Å². The molecule has 1 aliphatic rings. The summed E-state index contributed by atoms with van der Waals surface area (Å²) < 4.78 is 5.80. The van der Waals surface area contributed by atoms with Crippen LogP contribution in [0.3, 0.4) is 0 Å². The fraction of sp³-hybridized carbons (Fsp3) is 0.391. The molecule has 1 N–H and O–H groups in total. The normalized spacial score (nSPS) is 14.8. The summed E-state index contributed by atoms with van der Waals surface area (Å²) in [6, 6.07) is 17.1. The number of benzene rings is 2. The van der Waals surface area contributed by atoms with E-state index in [1.165, 1.54) is 0 Å². The van der Waals surface area contributed by atoms with Crippen molar-refractivity contribution in [1.82, 2.24) is 10.2 Å². The summed E-state index contributed by atoms with van der Waals surface area (Å²) in [4.78, 5) is 26.9. The van der Waals surface area contributed by atoms with Gasteiger partial charge in [0.2, 0.25) is 0 Å². The Morgan fingerprint density at radius 3 is 2.36 bits per heavy atom. The Balaban J connectivity index is 1.50. The van der Waals surface area contributed by atoms with E-state index in [1.54, 1.807) is 4.90 Å². The summed E-state index contributed by atoms with van der Waals surface area (Å²) in [5.74, 6) is 0.969. The lowest BCUT2D eigenvalue weighted by Gasteiger charge is -2.31. The van der Waals surface area contributed by atoms with Gasteiger partial charge in [0.05, 0.1) is 6.10 Å². The molecule has 5 heteroatoms. The number of rotatable bonds is 6. The molecule has 0 bridgehead atoms. The molecule has 1 heterocycles. The van der Waals surface area contributed by atoms with Gasteiger partial charge in [0.25, 0.3) is 0 Å². The zero-order chi connectivity index (χ0) is 19.9. The van der Waals surface area contributed by atoms with Crippen molar-refractivity contribution in [3.8, 4) is 5.75 Å². The Bertz CT molecular complexity index is 797. The molecule has 3 rings (SSSR count). The molecule has 1 aliphatic heterocycles. The molecule has 0 aliphatic carbocycles. The van der Waals surface area contributed by atoms with Gasteiger partial charge in [0.15, 0.2) is 5.78 Å². The molecule has 0 atom stereocenters. The van der Waals surface area contributed by atoms with Crippen molar-refractivity contribution in [3.63, 3.8) is 0 Å². The van der Waals surface area contributed by atoms with Crippen molar-refractivity contribution in [3.05, 3.63) is 65.7 Å². The van der Waals surface area contributed by atoms with Crippen molar-refractivity contribution in [1.29, 1.82) is 0 Å². The van der Waals surface area contributed by atoms with Gasteiger partial charge in [-0.2, -0.15) is 0 Å². The summed E-state index contributed by atoms with van der Waals surface area (Å²) in [5, 5.41) is 2.98. The number of para-hydroxylation sites is 1. The number of Topliss-reactive ketones (excluding diaryl/α,β-unsaturated/α-hetero) is 1. The Labute approximate surface area is 166 Å². The van der Waals surface area contributed by atoms with Gasteiger partial charge in [-0.1, -0.05) is 48.5 Å². The summed E-state index contributed by atoms with van der Waals surface area (Å²) in [6.07, 6.45) is 1.49. The second-order valence-electron chi connectivity index (χ2n) is 7.42. The highest BCUT2D eigenvalue weighted by Crippen LogP contribution is 2.22. The first-order valence-corrected chi connectivity index (χ1v) is 9.91. The van der Waals surface area contributed by atoms with Crippen molar-refractivity contribution < 1.29 is 14.3 Å². The Kier molecular flexibility index (Phi) is 6.69. The average molecular weight is 380 g/mol. The number of hydrogen-bond donors (Lipinski definition) is 1. The van der Waals surface area contributed by atoms with Crippen LogP contribution in [-0.4, -0.2) is 35.9 Å². The van der Waals surface area contributed by atoms with Crippen LogP contribution in [0.5, 0.6) is 5.75 Å². The number of carbonyl (C=O) groups excluding carboxylic acids is 2. The van der Waals surface area contributed by atoms with Gasteiger partial charge >= 0.3 is 6.03 Å². The third kappa shape index (κ3) is 5.12. The second-order valence-corrected chi connectivity index (χ2v) is 7.42. The number of likely N-dealkylation sites (tertiary alicyclic amines) is 1. The Hall–Kier alpha value is -2.82. The zero-order valence-electron chi connectivity index (χ0n) is 16.6. The average Bonchev–Trinajstić information content (AvgIpc) is 2.73. The van der Waals surface area contributed by atoms with E-state index in [2.05, 4.69) is 5.32 Å². The van der Waals surface area contributed by atoms with E-state index in [1.807, 2.05) is 68.4 Å². The summed E-state index contributed by atoms with van der Waals surface area (Å²) in [7, 11) is 0. The lowest BCUT2D eigenvalue weighted by atomic mass is 9.89. The molecule has 5 nitrogen and oxygen atoms in total. The molecular weight excluding hydrogens is 352 g/mol. The lowest BCUT2D eigenvalue weighted by Crippen LogP contribution is -2.45. The van der Waals surface area contributed by atoms with Crippen LogP contribution in [0.1, 0.15) is 42.6 Å². The largest absolute Gasteiger partial charge is 0.491 e. The van der Waals surface area contributed by atoms with Crippen LogP contribution in [0.4, 0.5) is 4.79 Å². The number of amides is 2. The third-order valence-electron chi connectivity index (χ3n) is 4.98. The minimum Gasteiger partial charge on any atom is -0.491 e. The van der Waals surface area contributed by atoms with Gasteiger partial charge in [-0.05, 0) is 32.8 Å². The highest BCUT2D eigenvalue weighted by Gasteiger charge is 2.27. The summed E-state index contributed by atoms with van der Waals surface area (Å²) in [5.41, 5.74) is 1.71. The third-order valence-corrected chi connectivity index (χ3v) is 4.98. The quantitative estimate of drug-likeness (QED) is 0.761. The number of piperidine rings is 1. The standard InChI is InChI=1S/C23H28N2O3/c1-17(2)28-21-11-7-6-10-20(21)16-24-23(27)25-14-12-19(13-15-25)22(26)18-8-4-3-5-9-18/h3-11,17,19H,12-16H2,1-2H3,(H,24,27). The van der Waals surface area contributed by atoms with E-state index >= 15 is 0 Å². The van der Waals surface area contributed by atoms with Crippen LogP contribution in [0.15, 0.2) is 54.6 Å². The minimum absolute atomic E-state index is 0.00776. The van der Waals surface area contributed by atoms with Crippen molar-refractivity contribution in [2.24, 2.45) is 5.92 Å². The molecule has 1 fully saturated rings. The first kappa shape index (κ1) is 19.9. The number of nitrogens with zero attached hydrogens (tertiary/aromatic N) is 1. The first-order chi connectivity index (χ1) is 13.5. The maximum absolute atomic E-state index is 12.6. The number of nitrogens with one attached hydrogen (secondary N) is 1. The van der Waals surface area contributed by atoms with Crippen LogP contribution >= 0.6 is 0 Å². The smallest absolute Gasteiger partial charge is 0.317 e. The predicted molar refractivity (Wildman–Crippen MR) is 110 cm³/mol. The van der Waals surface area contributed by atoms with Gasteiger partial charge < -0.3 is 15.0 Å². The molecule has 0 saturated carbocycles. The fourth-order valence-electron chi connectivity index (χ4n) is 3.48. The topological polar surface area (TPSA) is 58.6 Å². The van der Waals surface area contributed by atoms with Crippen molar-refractivity contribution in [2.45, 2.75) is 39.3 Å². The van der Waals surface area contributed by atoms with E-state index in [0.29, 0.717) is 32.5 Å². The molecule has 0 spiro atoms. The molecule has 148 valence electrons. The Morgan fingerprint density at radius 1 is 1.04 bits per heavy atom. The summed E-state index contributed by atoms with van der Waals surface area (Å²) in [6.45, 7) is 5.58. The van der Waals surface area contributed by atoms with Crippen LogP contribution in [0, 0.1) is 5.92 Å². The second kappa shape index (κ2) is 9.40. The van der Waals surface area contributed by atoms with E-state index in [4.69, 9.17) is 4.74 Å². The zero-order valence-corrected chi connectivity index (χ0v) is 16.6. The maximum atomic E-state index is 12.6. The highest BCUT2D eigenvalue weighted by atomic mass is 16.5. The van der Waals surface area contributed by atoms with Gasteiger partial charge in [-0.15, -0.1) is 0 Å². The van der Waals surface area contributed by atoms with E-state index < -0.39 is 0 Å². The molecule has 2 aromatic carbocycles. The number of ketones is 1. The van der Waals surface area contributed by atoms with Gasteiger partial charge in [0.1, 0.15) is 5.75 Å². The van der Waals surface area contributed by atoms with Gasteiger partial charge in [0, 0.05) is 36.7 Å². The number of ether oxygens (including phenoxy) is 1. The molecular formula is C23H28N2O3. The minimum atomic E-state index is -0.0926. The van der Waals surface area contributed by atoms with E-state index in [-0.39, 0.29) is 23.8 Å². The number of carbonyl (C=O) groups is 2. The molecule has 2 aromatic rings. The molecule has 28 heavy (non-hydrogen) atoms. The van der Waals surface area contributed by atoms with Gasteiger partial charge in [-0.3, -0.25) is 4.79 Å². The maximum Gasteiger partial charge on any atom is 0.317 e. The SMILES string of the molecule is CC(C)Oc1ccccc1CNC(=O)N1CCC(C(=O)c2ccccc2)CC1. The van der Waals surface area contributed by atoms with E-state index in [9.17, 15) is 9.59 Å². The molecule has 1 saturated heterocycles. The number of urea groups is 1. The van der Waals surface area contributed by atoms with Crippen LogP contribution in [0.2, 0.25) is 0 Å². The van der Waals surface area contributed by atoms with Crippen LogP contribution in [0.25, 0.3) is 0 Å². The monoisotopic (exact) mass is 380 g/mol.